The van der Waals surface area contributed by atoms with E-state index in [0.29, 0.717) is 29.8 Å². The van der Waals surface area contributed by atoms with Crippen LogP contribution in [0.3, 0.4) is 0 Å². The number of rotatable bonds is 5. The van der Waals surface area contributed by atoms with Crippen molar-refractivity contribution in [3.05, 3.63) is 35.0 Å². The molecule has 3 aliphatic rings. The van der Waals surface area contributed by atoms with E-state index in [4.69, 9.17) is 11.6 Å². The molecule has 37 heavy (non-hydrogen) atoms. The Labute approximate surface area is 231 Å². The molecule has 3 saturated heterocycles. The molecule has 1 aromatic heterocycles. The zero-order chi connectivity index (χ0) is 25.3. The van der Waals surface area contributed by atoms with Gasteiger partial charge in [-0.25, -0.2) is 0 Å². The molecular formula is C27H40Cl2N6O2. The molecule has 8 nitrogen and oxygen atoms in total. The fourth-order valence-electron chi connectivity index (χ4n) is 6.08. The number of nitrogens with one attached hydrogen (secondary N) is 2. The van der Waals surface area contributed by atoms with Crippen LogP contribution in [-0.2, 0) is 4.79 Å². The monoisotopic (exact) mass is 550 g/mol. The molecule has 0 unspecified atom stereocenters. The number of likely N-dealkylation sites (tertiary alicyclic amines) is 2. The molecule has 2 N–H and O–H groups in total. The van der Waals surface area contributed by atoms with Gasteiger partial charge in [0, 0.05) is 61.2 Å². The second kappa shape index (κ2) is 11.9. The third kappa shape index (κ3) is 6.09. The minimum Gasteiger partial charge on any atom is -0.351 e. The Kier molecular flexibility index (Phi) is 9.07. The summed E-state index contributed by atoms with van der Waals surface area (Å²) in [6.45, 7) is 8.98. The first-order valence-electron chi connectivity index (χ1n) is 13.4. The van der Waals surface area contributed by atoms with Crippen molar-refractivity contribution < 1.29 is 9.59 Å². The Bertz CT molecular complexity index is 1090. The van der Waals surface area contributed by atoms with Gasteiger partial charge in [0.25, 0.3) is 11.8 Å². The van der Waals surface area contributed by atoms with E-state index in [1.54, 1.807) is 12.1 Å². The van der Waals surface area contributed by atoms with Crippen LogP contribution in [0, 0.1) is 0 Å². The van der Waals surface area contributed by atoms with Crippen LogP contribution in [0.25, 0.3) is 10.9 Å². The van der Waals surface area contributed by atoms with Gasteiger partial charge in [0.2, 0.25) is 0 Å². The highest BCUT2D eigenvalue weighted by atomic mass is 35.5. The molecule has 2 amide bonds. The number of aromatic nitrogens is 1. The molecular weight excluding hydrogens is 511 g/mol. The Morgan fingerprint density at radius 3 is 2.32 bits per heavy atom. The summed E-state index contributed by atoms with van der Waals surface area (Å²) in [4.78, 5) is 39.8. The van der Waals surface area contributed by atoms with Crippen LogP contribution in [0.5, 0.6) is 0 Å². The summed E-state index contributed by atoms with van der Waals surface area (Å²) in [6, 6.07) is 7.92. The first-order chi connectivity index (χ1) is 17.3. The molecule has 3 aliphatic heterocycles. The Balaban J connectivity index is 0.00000320. The third-order valence-electron chi connectivity index (χ3n) is 8.40. The highest BCUT2D eigenvalue weighted by molar-refractivity contribution is 6.31. The maximum Gasteiger partial charge on any atom is 0.269 e. The first-order valence-corrected chi connectivity index (χ1v) is 13.8. The van der Waals surface area contributed by atoms with Crippen LogP contribution in [0.4, 0.5) is 0 Å². The molecule has 0 spiro atoms. The quantitative estimate of drug-likeness (QED) is 0.596. The van der Waals surface area contributed by atoms with Gasteiger partial charge in [-0.2, -0.15) is 0 Å². The summed E-state index contributed by atoms with van der Waals surface area (Å²) in [5, 5.41) is 4.65. The molecule has 10 heteroatoms. The number of piperidine rings is 2. The summed E-state index contributed by atoms with van der Waals surface area (Å²) in [5.41, 5.74) is 0.207. The van der Waals surface area contributed by atoms with E-state index >= 15 is 0 Å². The average Bonchev–Trinajstić information content (AvgIpc) is 3.33. The normalized spacial score (nSPS) is 22.4. The zero-order valence-corrected chi connectivity index (χ0v) is 23.5. The maximum atomic E-state index is 14.0. The molecule has 4 heterocycles. The van der Waals surface area contributed by atoms with E-state index in [0.717, 1.165) is 69.4 Å². The number of hydrogen-bond donors (Lipinski definition) is 2. The topological polar surface area (TPSA) is 74.9 Å². The van der Waals surface area contributed by atoms with E-state index in [1.165, 1.54) is 12.8 Å². The SMILES string of the molecule is CN1CCC(N2CCN(C(=O)[C@@](C)(NC(=O)c3cc4cc(Cl)ccc4[nH]3)N3CCCCC3)CC2)CC1.Cl. The smallest absolute Gasteiger partial charge is 0.269 e. The van der Waals surface area contributed by atoms with Crippen LogP contribution in [0.1, 0.15) is 49.5 Å². The number of amides is 2. The van der Waals surface area contributed by atoms with Crippen LogP contribution in [0.2, 0.25) is 5.02 Å². The van der Waals surface area contributed by atoms with Gasteiger partial charge in [-0.15, -0.1) is 12.4 Å². The van der Waals surface area contributed by atoms with E-state index < -0.39 is 5.66 Å². The number of halogens is 2. The minimum absolute atomic E-state index is 0. The first kappa shape index (κ1) is 28.2. The van der Waals surface area contributed by atoms with Crippen LogP contribution in [0.15, 0.2) is 24.3 Å². The molecule has 0 aliphatic carbocycles. The van der Waals surface area contributed by atoms with Gasteiger partial charge in [-0.05, 0) is 77.0 Å². The Morgan fingerprint density at radius 2 is 1.65 bits per heavy atom. The van der Waals surface area contributed by atoms with Crippen LogP contribution in [-0.4, -0.2) is 108 Å². The van der Waals surface area contributed by atoms with Gasteiger partial charge < -0.3 is 20.1 Å². The second-order valence-corrected chi connectivity index (χ2v) is 11.3. The number of fused-ring (bicyclic) bond motifs is 1. The van der Waals surface area contributed by atoms with Crippen molar-refractivity contribution in [2.24, 2.45) is 0 Å². The zero-order valence-electron chi connectivity index (χ0n) is 22.0. The molecule has 0 saturated carbocycles. The molecule has 0 bridgehead atoms. The predicted molar refractivity (Wildman–Crippen MR) is 151 cm³/mol. The molecule has 1 aromatic carbocycles. The lowest BCUT2D eigenvalue weighted by atomic mass is 10.0. The summed E-state index contributed by atoms with van der Waals surface area (Å²) >= 11 is 6.13. The van der Waals surface area contributed by atoms with Gasteiger partial charge in [0.15, 0.2) is 5.66 Å². The second-order valence-electron chi connectivity index (χ2n) is 10.9. The predicted octanol–water partition coefficient (Wildman–Crippen LogP) is 3.41. The highest BCUT2D eigenvalue weighted by Gasteiger charge is 2.45. The molecule has 5 rings (SSSR count). The molecule has 0 radical (unpaired) electrons. The van der Waals surface area contributed by atoms with Crippen LogP contribution < -0.4 is 5.32 Å². The number of benzene rings is 1. The maximum absolute atomic E-state index is 14.0. The number of H-pyrrole nitrogens is 1. The van der Waals surface area contributed by atoms with E-state index in [9.17, 15) is 9.59 Å². The Morgan fingerprint density at radius 1 is 0.973 bits per heavy atom. The van der Waals surface area contributed by atoms with E-state index in [2.05, 4.69) is 32.0 Å². The van der Waals surface area contributed by atoms with Crippen LogP contribution >= 0.6 is 24.0 Å². The molecule has 1 atom stereocenters. The van der Waals surface area contributed by atoms with Crippen molar-refractivity contribution in [3.8, 4) is 0 Å². The molecule has 204 valence electrons. The standard InChI is InChI=1S/C27H39ClN6O2.ClH/c1-27(34-10-4-3-5-11-34,30-25(35)24-19-20-18-21(28)6-7-23(20)29-24)26(36)33-16-14-32(15-17-33)22-8-12-31(2)13-9-22;/h6-7,18-19,22,29H,3-5,8-17H2,1-2H3,(H,30,35);1H/t27-;/m0./s1. The number of nitrogens with zero attached hydrogens (tertiary/aromatic N) is 4. The van der Waals surface area contributed by atoms with Crippen molar-refractivity contribution >= 4 is 46.7 Å². The van der Waals surface area contributed by atoms with Crippen molar-refractivity contribution in [2.75, 3.05) is 59.4 Å². The van der Waals surface area contributed by atoms with Gasteiger partial charge in [-0.3, -0.25) is 19.4 Å². The summed E-state index contributed by atoms with van der Waals surface area (Å²) in [6.07, 6.45) is 5.62. The third-order valence-corrected chi connectivity index (χ3v) is 8.63. The lowest BCUT2D eigenvalue weighted by Crippen LogP contribution is -2.69. The minimum atomic E-state index is -1.08. The number of carbonyl (C=O) groups excluding carboxylic acids is 2. The summed E-state index contributed by atoms with van der Waals surface area (Å²) in [5.74, 6) is -0.270. The van der Waals surface area contributed by atoms with Gasteiger partial charge in [0.05, 0.1) is 0 Å². The largest absolute Gasteiger partial charge is 0.351 e. The number of hydrogen-bond acceptors (Lipinski definition) is 5. The van der Waals surface area contributed by atoms with Crippen molar-refractivity contribution in [3.63, 3.8) is 0 Å². The van der Waals surface area contributed by atoms with Crippen molar-refractivity contribution in [1.82, 2.24) is 29.9 Å². The summed E-state index contributed by atoms with van der Waals surface area (Å²) in [7, 11) is 2.19. The fraction of sp³-hybridized carbons (Fsp3) is 0.630. The van der Waals surface area contributed by atoms with E-state index in [-0.39, 0.29) is 24.2 Å². The van der Waals surface area contributed by atoms with Gasteiger partial charge in [0.1, 0.15) is 5.69 Å². The average molecular weight is 552 g/mol. The van der Waals surface area contributed by atoms with Gasteiger partial charge in [-0.1, -0.05) is 18.0 Å². The summed E-state index contributed by atoms with van der Waals surface area (Å²) < 4.78 is 0. The highest BCUT2D eigenvalue weighted by Crippen LogP contribution is 2.25. The van der Waals surface area contributed by atoms with Crippen molar-refractivity contribution in [2.45, 2.75) is 50.7 Å². The lowest BCUT2D eigenvalue weighted by Gasteiger charge is -2.47. The lowest BCUT2D eigenvalue weighted by molar-refractivity contribution is -0.148. The number of aromatic amines is 1. The molecule has 3 fully saturated rings. The van der Waals surface area contributed by atoms with E-state index in [1.807, 2.05) is 24.0 Å². The van der Waals surface area contributed by atoms with Gasteiger partial charge >= 0.3 is 0 Å². The number of piperazine rings is 1. The number of carbonyl (C=O) groups is 2. The molecule has 2 aromatic rings. The fourth-order valence-corrected chi connectivity index (χ4v) is 6.26. The van der Waals surface area contributed by atoms with Crippen molar-refractivity contribution in [1.29, 1.82) is 0 Å². The Hall–Kier alpha value is -1.84.